The maximum atomic E-state index is 11.6. The standard InChI is InChI=1S/C20H31NO2/c1-13-11-14(2)19(20(22)23)16(4)18(13)15(3)12-21(5)17-9-7-6-8-10-17/h11,15,17H,6-10,12H2,1-5H3,(H,22,23). The van der Waals surface area contributed by atoms with Crippen LogP contribution in [0.1, 0.15) is 77.6 Å². The Morgan fingerprint density at radius 1 is 1.22 bits per heavy atom. The topological polar surface area (TPSA) is 40.5 Å². The van der Waals surface area contributed by atoms with Crippen LogP contribution in [0.15, 0.2) is 6.07 Å². The lowest BCUT2D eigenvalue weighted by molar-refractivity contribution is 0.0695. The summed E-state index contributed by atoms with van der Waals surface area (Å²) in [6.45, 7) is 9.20. The van der Waals surface area contributed by atoms with Gasteiger partial charge in [-0.05, 0) is 68.8 Å². The molecule has 0 heterocycles. The number of likely N-dealkylation sites (N-methyl/N-ethyl adjacent to an activating group) is 1. The number of carboxylic acid groups (broad SMARTS) is 1. The molecule has 0 spiro atoms. The average molecular weight is 317 g/mol. The Morgan fingerprint density at radius 3 is 2.39 bits per heavy atom. The summed E-state index contributed by atoms with van der Waals surface area (Å²) in [5.41, 5.74) is 4.73. The van der Waals surface area contributed by atoms with Crippen LogP contribution in [0.3, 0.4) is 0 Å². The highest BCUT2D eigenvalue weighted by Gasteiger charge is 2.23. The fourth-order valence-corrected chi connectivity index (χ4v) is 4.48. The molecule has 1 aromatic carbocycles. The van der Waals surface area contributed by atoms with Gasteiger partial charge in [0.25, 0.3) is 0 Å². The van der Waals surface area contributed by atoms with Crippen LogP contribution in [0.5, 0.6) is 0 Å². The van der Waals surface area contributed by atoms with Crippen LogP contribution >= 0.6 is 0 Å². The Kier molecular flexibility index (Phi) is 5.85. The first-order valence-electron chi connectivity index (χ1n) is 8.87. The van der Waals surface area contributed by atoms with Crippen molar-refractivity contribution in [1.82, 2.24) is 4.90 Å². The Hall–Kier alpha value is -1.35. The number of benzene rings is 1. The molecule has 128 valence electrons. The van der Waals surface area contributed by atoms with Gasteiger partial charge in [0.15, 0.2) is 0 Å². The van der Waals surface area contributed by atoms with E-state index in [1.807, 2.05) is 19.9 Å². The zero-order valence-corrected chi connectivity index (χ0v) is 15.3. The maximum Gasteiger partial charge on any atom is 0.336 e. The summed E-state index contributed by atoms with van der Waals surface area (Å²) in [5.74, 6) is -0.463. The van der Waals surface area contributed by atoms with Gasteiger partial charge in [-0.2, -0.15) is 0 Å². The van der Waals surface area contributed by atoms with Gasteiger partial charge in [0.2, 0.25) is 0 Å². The quantitative estimate of drug-likeness (QED) is 0.857. The van der Waals surface area contributed by atoms with Gasteiger partial charge < -0.3 is 10.0 Å². The summed E-state index contributed by atoms with van der Waals surface area (Å²) in [7, 11) is 2.23. The molecule has 0 amide bonds. The Morgan fingerprint density at radius 2 is 1.83 bits per heavy atom. The van der Waals surface area contributed by atoms with Crippen LogP contribution in [0.4, 0.5) is 0 Å². The van der Waals surface area contributed by atoms with E-state index in [1.54, 1.807) is 0 Å². The molecule has 1 saturated carbocycles. The van der Waals surface area contributed by atoms with Gasteiger partial charge in [-0.1, -0.05) is 32.3 Å². The SMILES string of the molecule is Cc1cc(C)c(C(C)CN(C)C2CCCCC2)c(C)c1C(=O)O. The van der Waals surface area contributed by atoms with Crippen LogP contribution in [0, 0.1) is 20.8 Å². The van der Waals surface area contributed by atoms with Gasteiger partial charge in [0.05, 0.1) is 5.56 Å². The van der Waals surface area contributed by atoms with Crippen molar-refractivity contribution in [3.63, 3.8) is 0 Å². The molecule has 1 N–H and O–H groups in total. The smallest absolute Gasteiger partial charge is 0.336 e. The molecule has 3 heteroatoms. The lowest BCUT2D eigenvalue weighted by Crippen LogP contribution is -2.36. The minimum absolute atomic E-state index is 0.348. The average Bonchev–Trinajstić information content (AvgIpc) is 2.46. The van der Waals surface area contributed by atoms with Crippen LogP contribution in [-0.4, -0.2) is 35.6 Å². The van der Waals surface area contributed by atoms with Gasteiger partial charge in [0, 0.05) is 12.6 Å². The van der Waals surface area contributed by atoms with Gasteiger partial charge in [-0.15, -0.1) is 0 Å². The molecule has 23 heavy (non-hydrogen) atoms. The van der Waals surface area contributed by atoms with E-state index in [0.29, 0.717) is 17.5 Å². The van der Waals surface area contributed by atoms with Crippen LogP contribution in [0.2, 0.25) is 0 Å². The summed E-state index contributed by atoms with van der Waals surface area (Å²) in [4.78, 5) is 14.1. The van der Waals surface area contributed by atoms with Gasteiger partial charge in [-0.3, -0.25) is 0 Å². The van der Waals surface area contributed by atoms with E-state index in [1.165, 1.54) is 43.2 Å². The fraction of sp³-hybridized carbons (Fsp3) is 0.650. The molecule has 1 unspecified atom stereocenters. The van der Waals surface area contributed by atoms with Crippen molar-refractivity contribution >= 4 is 5.97 Å². The van der Waals surface area contributed by atoms with Crippen molar-refractivity contribution < 1.29 is 9.90 Å². The number of carbonyl (C=O) groups is 1. The number of hydrogen-bond acceptors (Lipinski definition) is 2. The minimum Gasteiger partial charge on any atom is -0.478 e. The Balaban J connectivity index is 2.23. The van der Waals surface area contributed by atoms with E-state index in [9.17, 15) is 9.90 Å². The zero-order valence-electron chi connectivity index (χ0n) is 15.3. The molecule has 1 atom stereocenters. The van der Waals surface area contributed by atoms with Crippen LogP contribution < -0.4 is 0 Å². The second-order valence-electron chi connectivity index (χ2n) is 7.36. The van der Waals surface area contributed by atoms with Crippen molar-refractivity contribution in [2.75, 3.05) is 13.6 Å². The maximum absolute atomic E-state index is 11.6. The Labute approximate surface area is 140 Å². The van der Waals surface area contributed by atoms with Crippen molar-refractivity contribution in [1.29, 1.82) is 0 Å². The number of aryl methyl sites for hydroxylation is 2. The lowest BCUT2D eigenvalue weighted by Gasteiger charge is -2.34. The third kappa shape index (κ3) is 3.95. The number of hydrogen-bond donors (Lipinski definition) is 1. The fourth-order valence-electron chi connectivity index (χ4n) is 4.48. The Bertz CT molecular complexity index is 573. The molecule has 1 aliphatic rings. The third-order valence-electron chi connectivity index (χ3n) is 5.50. The summed E-state index contributed by atoms with van der Waals surface area (Å²) < 4.78 is 0. The van der Waals surface area contributed by atoms with Crippen LogP contribution in [-0.2, 0) is 0 Å². The molecule has 0 bridgehead atoms. The number of carboxylic acids is 1. The van der Waals surface area contributed by atoms with Crippen LogP contribution in [0.25, 0.3) is 0 Å². The molecule has 0 aliphatic heterocycles. The van der Waals surface area contributed by atoms with E-state index in [2.05, 4.69) is 25.8 Å². The van der Waals surface area contributed by atoms with Crippen molar-refractivity contribution in [3.05, 3.63) is 33.9 Å². The van der Waals surface area contributed by atoms with Crippen molar-refractivity contribution in [2.24, 2.45) is 0 Å². The molecule has 2 rings (SSSR count). The highest BCUT2D eigenvalue weighted by Crippen LogP contribution is 2.30. The van der Waals surface area contributed by atoms with E-state index >= 15 is 0 Å². The largest absolute Gasteiger partial charge is 0.478 e. The normalized spacial score (nSPS) is 17.5. The van der Waals surface area contributed by atoms with Gasteiger partial charge in [-0.25, -0.2) is 4.79 Å². The summed E-state index contributed by atoms with van der Waals surface area (Å²) in [5, 5.41) is 9.52. The highest BCUT2D eigenvalue weighted by atomic mass is 16.4. The van der Waals surface area contributed by atoms with Gasteiger partial charge >= 0.3 is 5.97 Å². The highest BCUT2D eigenvalue weighted by molar-refractivity contribution is 5.91. The lowest BCUT2D eigenvalue weighted by atomic mass is 9.86. The van der Waals surface area contributed by atoms with Gasteiger partial charge in [0.1, 0.15) is 0 Å². The van der Waals surface area contributed by atoms with E-state index < -0.39 is 5.97 Å². The molecule has 0 radical (unpaired) electrons. The van der Waals surface area contributed by atoms with E-state index in [-0.39, 0.29) is 0 Å². The van der Waals surface area contributed by atoms with E-state index in [0.717, 1.165) is 17.7 Å². The third-order valence-corrected chi connectivity index (χ3v) is 5.50. The second kappa shape index (κ2) is 7.48. The molecule has 1 fully saturated rings. The number of nitrogens with zero attached hydrogens (tertiary/aromatic N) is 1. The predicted molar refractivity (Wildman–Crippen MR) is 95.5 cm³/mol. The first kappa shape index (κ1) is 18.0. The predicted octanol–water partition coefficient (Wildman–Crippen LogP) is 4.68. The zero-order chi connectivity index (χ0) is 17.1. The number of rotatable bonds is 5. The second-order valence-corrected chi connectivity index (χ2v) is 7.36. The summed E-state index contributed by atoms with van der Waals surface area (Å²) in [6.07, 6.45) is 6.66. The minimum atomic E-state index is -0.811. The van der Waals surface area contributed by atoms with Crippen molar-refractivity contribution in [2.45, 2.75) is 71.8 Å². The molecule has 1 aromatic rings. The molecule has 0 aromatic heterocycles. The molecule has 1 aliphatic carbocycles. The first-order valence-corrected chi connectivity index (χ1v) is 8.87. The molecular formula is C20H31NO2. The molecule has 3 nitrogen and oxygen atoms in total. The summed E-state index contributed by atoms with van der Waals surface area (Å²) >= 11 is 0. The first-order chi connectivity index (χ1) is 10.8. The number of aromatic carboxylic acids is 1. The monoisotopic (exact) mass is 317 g/mol. The summed E-state index contributed by atoms with van der Waals surface area (Å²) in [6, 6.07) is 2.72. The van der Waals surface area contributed by atoms with Crippen molar-refractivity contribution in [3.8, 4) is 0 Å². The molecule has 0 saturated heterocycles. The van der Waals surface area contributed by atoms with E-state index in [4.69, 9.17) is 0 Å². The molecular weight excluding hydrogens is 286 g/mol.